The minimum Gasteiger partial charge on any atom is -0.419 e. The van der Waals surface area contributed by atoms with E-state index in [2.05, 4.69) is 5.32 Å². The van der Waals surface area contributed by atoms with Crippen LogP contribution >= 0.6 is 11.6 Å². The molecule has 23 heavy (non-hydrogen) atoms. The van der Waals surface area contributed by atoms with E-state index >= 15 is 0 Å². The maximum Gasteiger partial charge on any atom is 0.417 e. The fraction of sp³-hybridized carbons (Fsp3) is 0.286. The van der Waals surface area contributed by atoms with Gasteiger partial charge in [0.25, 0.3) is 5.79 Å². The Morgan fingerprint density at radius 1 is 1.17 bits per heavy atom. The largest absolute Gasteiger partial charge is 0.419 e. The topological polar surface area (TPSA) is 64.6 Å². The van der Waals surface area contributed by atoms with Crippen molar-refractivity contribution in [3.63, 3.8) is 0 Å². The third kappa shape index (κ3) is 3.76. The molecule has 0 atom stereocenters. The summed E-state index contributed by atoms with van der Waals surface area (Å²) in [4.78, 5) is 23.4. The Labute approximate surface area is 134 Å². The van der Waals surface area contributed by atoms with Crippen LogP contribution in [0.4, 0.5) is 18.9 Å². The molecular formula is C14H11ClF3NO4. The predicted molar refractivity (Wildman–Crippen MR) is 74.4 cm³/mol. The number of hydrogen-bond acceptors (Lipinski definition) is 5. The minimum absolute atomic E-state index is 0.126. The highest BCUT2D eigenvalue weighted by Crippen LogP contribution is 2.38. The second-order valence-electron chi connectivity index (χ2n) is 5.05. The van der Waals surface area contributed by atoms with Gasteiger partial charge in [0.1, 0.15) is 0 Å². The molecule has 0 bridgehead atoms. The van der Waals surface area contributed by atoms with Crippen LogP contribution in [0.2, 0.25) is 5.02 Å². The molecule has 0 radical (unpaired) electrons. The van der Waals surface area contributed by atoms with Crippen LogP contribution in [0.3, 0.4) is 0 Å². The molecular weight excluding hydrogens is 339 g/mol. The van der Waals surface area contributed by atoms with Crippen LogP contribution in [0, 0.1) is 0 Å². The summed E-state index contributed by atoms with van der Waals surface area (Å²) in [6, 6.07) is 3.21. The van der Waals surface area contributed by atoms with Crippen LogP contribution in [-0.2, 0) is 25.2 Å². The first kappa shape index (κ1) is 17.1. The number of nitrogens with one attached hydrogen (secondary N) is 1. The molecule has 1 heterocycles. The molecule has 124 valence electrons. The maximum absolute atomic E-state index is 12.8. The molecule has 2 rings (SSSR count). The molecule has 1 fully saturated rings. The van der Waals surface area contributed by atoms with E-state index in [0.717, 1.165) is 18.3 Å². The lowest BCUT2D eigenvalue weighted by Gasteiger charge is -2.29. The molecule has 1 saturated heterocycles. The quantitative estimate of drug-likeness (QED) is 0.503. The maximum atomic E-state index is 12.8. The van der Waals surface area contributed by atoms with Gasteiger partial charge in [-0.15, -0.1) is 0 Å². The van der Waals surface area contributed by atoms with Crippen molar-refractivity contribution in [2.45, 2.75) is 25.8 Å². The third-order valence-corrected chi connectivity index (χ3v) is 3.20. The second kappa shape index (κ2) is 5.77. The number of carbonyl (C=O) groups is 2. The lowest BCUT2D eigenvalue weighted by molar-refractivity contribution is -0.222. The van der Waals surface area contributed by atoms with Gasteiger partial charge >= 0.3 is 18.1 Å². The van der Waals surface area contributed by atoms with E-state index < -0.39 is 40.1 Å². The third-order valence-electron chi connectivity index (χ3n) is 2.79. The van der Waals surface area contributed by atoms with Crippen LogP contribution in [-0.4, -0.2) is 17.7 Å². The zero-order valence-corrected chi connectivity index (χ0v) is 12.7. The van der Waals surface area contributed by atoms with Gasteiger partial charge in [0.15, 0.2) is 5.57 Å². The molecule has 0 aliphatic carbocycles. The monoisotopic (exact) mass is 349 g/mol. The number of carbonyl (C=O) groups excluding carboxylic acids is 2. The molecule has 0 unspecified atom stereocenters. The number of halogens is 4. The van der Waals surface area contributed by atoms with Gasteiger partial charge in [-0.1, -0.05) is 17.7 Å². The Morgan fingerprint density at radius 3 is 2.26 bits per heavy atom. The molecule has 1 aliphatic rings. The van der Waals surface area contributed by atoms with Crippen LogP contribution in [0.15, 0.2) is 30.0 Å². The van der Waals surface area contributed by atoms with Gasteiger partial charge in [0, 0.05) is 20.0 Å². The Kier molecular flexibility index (Phi) is 4.30. The van der Waals surface area contributed by atoms with Crippen molar-refractivity contribution in [1.29, 1.82) is 0 Å². The molecule has 0 aromatic heterocycles. The lowest BCUT2D eigenvalue weighted by atomic mass is 10.2. The summed E-state index contributed by atoms with van der Waals surface area (Å²) in [5, 5.41) is 1.80. The molecule has 1 aromatic rings. The van der Waals surface area contributed by atoms with E-state index in [4.69, 9.17) is 21.1 Å². The van der Waals surface area contributed by atoms with E-state index in [1.807, 2.05) is 0 Å². The number of alkyl halides is 3. The van der Waals surface area contributed by atoms with Crippen LogP contribution < -0.4 is 5.32 Å². The summed E-state index contributed by atoms with van der Waals surface area (Å²) < 4.78 is 48.0. The SMILES string of the molecule is CC1(C)OC(=O)C(=CNc2cccc(C(F)(F)F)c2Cl)C(=O)O1. The first-order valence-corrected chi connectivity index (χ1v) is 6.68. The summed E-state index contributed by atoms with van der Waals surface area (Å²) in [5.41, 5.74) is -1.66. The van der Waals surface area contributed by atoms with Crippen molar-refractivity contribution in [2.75, 3.05) is 5.32 Å². The average molecular weight is 350 g/mol. The fourth-order valence-corrected chi connectivity index (χ4v) is 2.08. The lowest BCUT2D eigenvalue weighted by Crippen LogP contribution is -2.42. The Balaban J connectivity index is 2.27. The number of hydrogen-bond donors (Lipinski definition) is 1. The summed E-state index contributed by atoms with van der Waals surface area (Å²) in [5.74, 6) is -3.32. The number of anilines is 1. The van der Waals surface area contributed by atoms with Crippen molar-refractivity contribution < 1.29 is 32.2 Å². The molecule has 5 nitrogen and oxygen atoms in total. The van der Waals surface area contributed by atoms with E-state index in [9.17, 15) is 22.8 Å². The smallest absolute Gasteiger partial charge is 0.417 e. The first-order valence-electron chi connectivity index (χ1n) is 6.30. The van der Waals surface area contributed by atoms with Crippen molar-refractivity contribution in [2.24, 2.45) is 0 Å². The van der Waals surface area contributed by atoms with Crippen molar-refractivity contribution >= 4 is 29.2 Å². The van der Waals surface area contributed by atoms with Crippen molar-refractivity contribution in [3.05, 3.63) is 40.6 Å². The zero-order chi connectivity index (χ0) is 17.4. The number of cyclic esters (lactones) is 2. The van der Waals surface area contributed by atoms with Gasteiger partial charge in [0.05, 0.1) is 16.3 Å². The highest BCUT2D eigenvalue weighted by atomic mass is 35.5. The summed E-state index contributed by atoms with van der Waals surface area (Å²) in [6.45, 7) is 2.74. The van der Waals surface area contributed by atoms with Crippen molar-refractivity contribution in [3.8, 4) is 0 Å². The molecule has 0 amide bonds. The van der Waals surface area contributed by atoms with E-state index in [-0.39, 0.29) is 5.69 Å². The number of esters is 2. The van der Waals surface area contributed by atoms with Gasteiger partial charge in [-0.3, -0.25) is 0 Å². The highest BCUT2D eigenvalue weighted by Gasteiger charge is 2.39. The average Bonchev–Trinajstić information content (AvgIpc) is 2.36. The number of ether oxygens (including phenoxy) is 2. The Hall–Kier alpha value is -2.22. The number of rotatable bonds is 2. The van der Waals surface area contributed by atoms with Gasteiger partial charge in [-0.25, -0.2) is 9.59 Å². The van der Waals surface area contributed by atoms with Gasteiger partial charge in [-0.05, 0) is 12.1 Å². The van der Waals surface area contributed by atoms with E-state index in [0.29, 0.717) is 0 Å². The fourth-order valence-electron chi connectivity index (χ4n) is 1.79. The minimum atomic E-state index is -4.63. The van der Waals surface area contributed by atoms with Gasteiger partial charge in [-0.2, -0.15) is 13.2 Å². The summed E-state index contributed by atoms with van der Waals surface area (Å²) in [7, 11) is 0. The Morgan fingerprint density at radius 2 is 1.74 bits per heavy atom. The molecule has 1 N–H and O–H groups in total. The molecule has 1 aliphatic heterocycles. The van der Waals surface area contributed by atoms with Crippen LogP contribution in [0.5, 0.6) is 0 Å². The molecule has 9 heteroatoms. The van der Waals surface area contributed by atoms with Gasteiger partial charge in [0.2, 0.25) is 0 Å². The first-order chi connectivity index (χ1) is 10.5. The number of benzene rings is 1. The summed E-state index contributed by atoms with van der Waals surface area (Å²) in [6.07, 6.45) is -3.74. The molecule has 1 aromatic carbocycles. The zero-order valence-electron chi connectivity index (χ0n) is 12.0. The standard InChI is InChI=1S/C14H11ClF3NO4/c1-13(2)22-11(20)7(12(21)23-13)6-19-9-5-3-4-8(10(9)15)14(16,17)18/h3-6,19H,1-2H3. The predicted octanol–water partition coefficient (Wildman–Crippen LogP) is 3.49. The van der Waals surface area contributed by atoms with E-state index in [1.165, 1.54) is 19.9 Å². The van der Waals surface area contributed by atoms with E-state index in [1.54, 1.807) is 0 Å². The van der Waals surface area contributed by atoms with Gasteiger partial charge < -0.3 is 14.8 Å². The molecule has 0 spiro atoms. The second-order valence-corrected chi connectivity index (χ2v) is 5.42. The summed E-state index contributed by atoms with van der Waals surface area (Å²) >= 11 is 5.69. The van der Waals surface area contributed by atoms with Crippen molar-refractivity contribution in [1.82, 2.24) is 0 Å². The highest BCUT2D eigenvalue weighted by molar-refractivity contribution is 6.34. The van der Waals surface area contributed by atoms with Crippen LogP contribution in [0.25, 0.3) is 0 Å². The molecule has 0 saturated carbocycles. The normalized spacial score (nSPS) is 17.4. The van der Waals surface area contributed by atoms with Crippen LogP contribution in [0.1, 0.15) is 19.4 Å². The Bertz CT molecular complexity index is 676.